The molecule has 2 aromatic carbocycles. The SMILES string of the molecule is Cc1ccc(-c2ccc(/C=C(\C#N)C(=O)Nc3cccc(Cl)c3)o2)cc1. The molecule has 0 aliphatic carbocycles. The molecule has 26 heavy (non-hydrogen) atoms. The van der Waals surface area contributed by atoms with Gasteiger partial charge in [0, 0.05) is 22.3 Å². The summed E-state index contributed by atoms with van der Waals surface area (Å²) >= 11 is 5.90. The lowest BCUT2D eigenvalue weighted by Gasteiger charge is -2.04. The number of amides is 1. The Bertz CT molecular complexity index is 1010. The van der Waals surface area contributed by atoms with Crippen LogP contribution in [0, 0.1) is 18.3 Å². The van der Waals surface area contributed by atoms with Crippen molar-refractivity contribution in [3.05, 3.63) is 82.6 Å². The van der Waals surface area contributed by atoms with Crippen molar-refractivity contribution in [1.29, 1.82) is 5.26 Å². The van der Waals surface area contributed by atoms with E-state index >= 15 is 0 Å². The Labute approximate surface area is 156 Å². The van der Waals surface area contributed by atoms with Crippen LogP contribution in [0.15, 0.2) is 70.7 Å². The van der Waals surface area contributed by atoms with Gasteiger partial charge < -0.3 is 9.73 Å². The number of furan rings is 1. The van der Waals surface area contributed by atoms with Crippen LogP contribution < -0.4 is 5.32 Å². The molecule has 0 fully saturated rings. The zero-order valence-electron chi connectivity index (χ0n) is 14.0. The van der Waals surface area contributed by atoms with E-state index in [-0.39, 0.29) is 5.57 Å². The number of carbonyl (C=O) groups excluding carboxylic acids is 1. The second-order valence-corrected chi connectivity index (χ2v) is 6.14. The minimum absolute atomic E-state index is 0.0604. The number of halogens is 1. The van der Waals surface area contributed by atoms with Gasteiger partial charge in [-0.3, -0.25) is 4.79 Å². The number of benzene rings is 2. The Morgan fingerprint density at radius 3 is 2.62 bits per heavy atom. The van der Waals surface area contributed by atoms with Crippen LogP contribution in [-0.2, 0) is 4.79 Å². The molecule has 1 heterocycles. The van der Waals surface area contributed by atoms with E-state index in [0.717, 1.165) is 11.1 Å². The van der Waals surface area contributed by atoms with Gasteiger partial charge in [0.1, 0.15) is 23.2 Å². The lowest BCUT2D eigenvalue weighted by molar-refractivity contribution is -0.112. The van der Waals surface area contributed by atoms with E-state index in [4.69, 9.17) is 16.0 Å². The second kappa shape index (κ2) is 7.73. The molecule has 128 valence electrons. The molecule has 0 atom stereocenters. The lowest BCUT2D eigenvalue weighted by atomic mass is 10.1. The summed E-state index contributed by atoms with van der Waals surface area (Å²) < 4.78 is 5.73. The molecular weight excluding hydrogens is 348 g/mol. The number of carbonyl (C=O) groups is 1. The van der Waals surface area contributed by atoms with Gasteiger partial charge in [0.05, 0.1) is 0 Å². The maximum Gasteiger partial charge on any atom is 0.266 e. The van der Waals surface area contributed by atoms with Gasteiger partial charge in [0.2, 0.25) is 0 Å². The molecule has 5 heteroatoms. The van der Waals surface area contributed by atoms with E-state index in [1.807, 2.05) is 37.3 Å². The Morgan fingerprint density at radius 2 is 1.92 bits per heavy atom. The average molecular weight is 363 g/mol. The van der Waals surface area contributed by atoms with Gasteiger partial charge in [0.15, 0.2) is 0 Å². The minimum Gasteiger partial charge on any atom is -0.457 e. The summed E-state index contributed by atoms with van der Waals surface area (Å²) in [5.74, 6) is 0.574. The molecule has 0 saturated heterocycles. The fourth-order valence-corrected chi connectivity index (χ4v) is 2.55. The highest BCUT2D eigenvalue weighted by atomic mass is 35.5. The Hall–Kier alpha value is -3.29. The molecule has 0 aliphatic heterocycles. The number of nitrogens with zero attached hydrogens (tertiary/aromatic N) is 1. The number of nitrogens with one attached hydrogen (secondary N) is 1. The van der Waals surface area contributed by atoms with Crippen molar-refractivity contribution < 1.29 is 9.21 Å². The monoisotopic (exact) mass is 362 g/mol. The predicted molar refractivity (Wildman–Crippen MR) is 103 cm³/mol. The van der Waals surface area contributed by atoms with E-state index in [9.17, 15) is 10.1 Å². The van der Waals surface area contributed by atoms with Crippen LogP contribution in [0.25, 0.3) is 17.4 Å². The van der Waals surface area contributed by atoms with Crippen molar-refractivity contribution in [1.82, 2.24) is 0 Å². The summed E-state index contributed by atoms with van der Waals surface area (Å²) in [5.41, 5.74) is 2.54. The fourth-order valence-electron chi connectivity index (χ4n) is 2.36. The van der Waals surface area contributed by atoms with Gasteiger partial charge in [0.25, 0.3) is 5.91 Å². The molecule has 0 spiro atoms. The van der Waals surface area contributed by atoms with Gasteiger partial charge in [-0.15, -0.1) is 0 Å². The number of anilines is 1. The molecule has 0 radical (unpaired) electrons. The summed E-state index contributed by atoms with van der Waals surface area (Å²) in [6.07, 6.45) is 1.41. The Kier molecular flexibility index (Phi) is 5.21. The maximum absolute atomic E-state index is 12.3. The van der Waals surface area contributed by atoms with Crippen molar-refractivity contribution >= 4 is 29.3 Å². The summed E-state index contributed by atoms with van der Waals surface area (Å²) in [6.45, 7) is 2.01. The Balaban J connectivity index is 1.80. The van der Waals surface area contributed by atoms with E-state index in [1.165, 1.54) is 6.08 Å². The highest BCUT2D eigenvalue weighted by Gasteiger charge is 2.11. The van der Waals surface area contributed by atoms with Crippen molar-refractivity contribution in [3.63, 3.8) is 0 Å². The first-order chi connectivity index (χ1) is 12.5. The van der Waals surface area contributed by atoms with Gasteiger partial charge in [-0.2, -0.15) is 5.26 Å². The lowest BCUT2D eigenvalue weighted by Crippen LogP contribution is -2.13. The normalized spacial score (nSPS) is 11.0. The molecule has 1 N–H and O–H groups in total. The van der Waals surface area contributed by atoms with Crippen LogP contribution in [0.4, 0.5) is 5.69 Å². The minimum atomic E-state index is -0.525. The summed E-state index contributed by atoms with van der Waals surface area (Å²) in [7, 11) is 0. The zero-order valence-corrected chi connectivity index (χ0v) is 14.7. The molecule has 0 unspecified atom stereocenters. The van der Waals surface area contributed by atoms with Crippen LogP contribution in [0.3, 0.4) is 0 Å². The van der Waals surface area contributed by atoms with E-state index < -0.39 is 5.91 Å². The number of aryl methyl sites for hydroxylation is 1. The first kappa shape index (κ1) is 17.5. The van der Waals surface area contributed by atoms with Gasteiger partial charge >= 0.3 is 0 Å². The number of hydrogen-bond donors (Lipinski definition) is 1. The summed E-state index contributed by atoms with van der Waals surface area (Å²) in [5, 5.41) is 12.4. The van der Waals surface area contributed by atoms with E-state index in [2.05, 4.69) is 5.32 Å². The molecule has 4 nitrogen and oxygen atoms in total. The highest BCUT2D eigenvalue weighted by Crippen LogP contribution is 2.24. The van der Waals surface area contributed by atoms with Crippen LogP contribution in [-0.4, -0.2) is 5.91 Å². The fraction of sp³-hybridized carbons (Fsp3) is 0.0476. The first-order valence-electron chi connectivity index (χ1n) is 7.91. The van der Waals surface area contributed by atoms with Gasteiger partial charge in [-0.05, 0) is 37.3 Å². The molecule has 0 aliphatic rings. The molecule has 3 aromatic rings. The van der Waals surface area contributed by atoms with Crippen LogP contribution in [0.1, 0.15) is 11.3 Å². The average Bonchev–Trinajstić information content (AvgIpc) is 3.09. The highest BCUT2D eigenvalue weighted by molar-refractivity contribution is 6.31. The topological polar surface area (TPSA) is 66.0 Å². The molecule has 1 amide bonds. The number of nitriles is 1. The number of hydrogen-bond acceptors (Lipinski definition) is 3. The van der Waals surface area contributed by atoms with E-state index in [1.54, 1.807) is 36.4 Å². The third kappa shape index (κ3) is 4.21. The van der Waals surface area contributed by atoms with Crippen LogP contribution in [0.5, 0.6) is 0 Å². The molecule has 3 rings (SSSR count). The molecular formula is C21H15ClN2O2. The summed E-state index contributed by atoms with van der Waals surface area (Å²) in [6, 6.07) is 20.0. The van der Waals surface area contributed by atoms with Crippen molar-refractivity contribution in [3.8, 4) is 17.4 Å². The molecule has 0 saturated carbocycles. The quantitative estimate of drug-likeness (QED) is 0.495. The largest absolute Gasteiger partial charge is 0.457 e. The van der Waals surface area contributed by atoms with Crippen LogP contribution >= 0.6 is 11.6 Å². The third-order valence-corrected chi connectivity index (χ3v) is 3.93. The standard InChI is InChI=1S/C21H15ClN2O2/c1-14-5-7-15(8-6-14)20-10-9-19(26-20)11-16(13-23)21(25)24-18-4-2-3-17(22)12-18/h2-12H,1H3,(H,24,25)/b16-11+. The van der Waals surface area contributed by atoms with Crippen molar-refractivity contribution in [2.24, 2.45) is 0 Å². The maximum atomic E-state index is 12.3. The smallest absolute Gasteiger partial charge is 0.266 e. The first-order valence-corrected chi connectivity index (χ1v) is 8.28. The van der Waals surface area contributed by atoms with Gasteiger partial charge in [-0.1, -0.05) is 47.5 Å². The zero-order chi connectivity index (χ0) is 18.5. The second-order valence-electron chi connectivity index (χ2n) is 5.70. The van der Waals surface area contributed by atoms with Gasteiger partial charge in [-0.25, -0.2) is 0 Å². The molecule has 0 bridgehead atoms. The van der Waals surface area contributed by atoms with Crippen molar-refractivity contribution in [2.75, 3.05) is 5.32 Å². The number of rotatable bonds is 4. The third-order valence-electron chi connectivity index (χ3n) is 3.70. The molecule has 1 aromatic heterocycles. The predicted octanol–water partition coefficient (Wildman–Crippen LogP) is 5.45. The van der Waals surface area contributed by atoms with Crippen molar-refractivity contribution in [2.45, 2.75) is 6.92 Å². The summed E-state index contributed by atoms with van der Waals surface area (Å²) in [4.78, 5) is 12.3. The Morgan fingerprint density at radius 1 is 1.15 bits per heavy atom. The van der Waals surface area contributed by atoms with Crippen LogP contribution in [0.2, 0.25) is 5.02 Å². The van der Waals surface area contributed by atoms with E-state index in [0.29, 0.717) is 22.2 Å².